The Morgan fingerprint density at radius 1 is 1.12 bits per heavy atom. The Morgan fingerprint density at radius 3 is 2.38 bits per heavy atom. The minimum Gasteiger partial charge on any atom is -0.496 e. The molecule has 0 unspecified atom stereocenters. The number of carbonyl (C=O) groups excluding carboxylic acids is 2. The van der Waals surface area contributed by atoms with Crippen LogP contribution >= 0.6 is 31.9 Å². The molecular weight excluding hydrogens is 442 g/mol. The molecule has 0 fully saturated rings. The van der Waals surface area contributed by atoms with Crippen molar-refractivity contribution in [3.63, 3.8) is 0 Å². The molecule has 0 atom stereocenters. The third kappa shape index (κ3) is 4.58. The molecule has 0 aliphatic rings. The van der Waals surface area contributed by atoms with Crippen LogP contribution in [-0.2, 0) is 9.53 Å². The molecule has 0 saturated carbocycles. The topological polar surface area (TPSA) is 64.6 Å². The van der Waals surface area contributed by atoms with E-state index in [1.165, 1.54) is 7.11 Å². The van der Waals surface area contributed by atoms with E-state index in [9.17, 15) is 9.59 Å². The molecule has 24 heavy (non-hydrogen) atoms. The summed E-state index contributed by atoms with van der Waals surface area (Å²) in [4.78, 5) is 24.1. The van der Waals surface area contributed by atoms with E-state index in [2.05, 4.69) is 37.2 Å². The average Bonchev–Trinajstić information content (AvgIpc) is 2.55. The third-order valence-electron chi connectivity index (χ3n) is 3.11. The second kappa shape index (κ2) is 8.30. The minimum atomic E-state index is -0.621. The van der Waals surface area contributed by atoms with Gasteiger partial charge in [-0.15, -0.1) is 0 Å². The van der Waals surface area contributed by atoms with Crippen molar-refractivity contribution in [3.8, 4) is 5.75 Å². The van der Waals surface area contributed by atoms with Crippen LogP contribution in [0.3, 0.4) is 0 Å². The zero-order valence-corrected chi connectivity index (χ0v) is 16.2. The Balaban J connectivity index is 2.00. The lowest BCUT2D eigenvalue weighted by atomic mass is 10.2. The average molecular weight is 457 g/mol. The van der Waals surface area contributed by atoms with E-state index in [0.29, 0.717) is 11.4 Å². The monoisotopic (exact) mass is 455 g/mol. The highest BCUT2D eigenvalue weighted by Gasteiger charge is 2.16. The Morgan fingerprint density at radius 2 is 1.75 bits per heavy atom. The number of amides is 1. The number of esters is 1. The molecule has 7 heteroatoms. The molecule has 0 aliphatic heterocycles. The SMILES string of the molecule is COc1ccccc1C(=O)OCC(=O)Nc1c(Br)cc(C)cc1Br. The number of rotatable bonds is 5. The first-order chi connectivity index (χ1) is 11.4. The summed E-state index contributed by atoms with van der Waals surface area (Å²) in [5.74, 6) is -0.667. The lowest BCUT2D eigenvalue weighted by molar-refractivity contribution is -0.119. The van der Waals surface area contributed by atoms with Gasteiger partial charge in [0.25, 0.3) is 5.91 Å². The Kier molecular flexibility index (Phi) is 6.39. The van der Waals surface area contributed by atoms with Gasteiger partial charge < -0.3 is 14.8 Å². The highest BCUT2D eigenvalue weighted by atomic mass is 79.9. The van der Waals surface area contributed by atoms with Crippen LogP contribution < -0.4 is 10.1 Å². The molecule has 0 spiro atoms. The molecule has 5 nitrogen and oxygen atoms in total. The number of anilines is 1. The highest BCUT2D eigenvalue weighted by molar-refractivity contribution is 9.11. The van der Waals surface area contributed by atoms with Gasteiger partial charge in [-0.05, 0) is 68.6 Å². The fourth-order valence-electron chi connectivity index (χ4n) is 2.02. The van der Waals surface area contributed by atoms with Crippen molar-refractivity contribution in [2.45, 2.75) is 6.92 Å². The molecule has 0 bridgehead atoms. The standard InChI is InChI=1S/C17H15Br2NO4/c1-10-7-12(18)16(13(19)8-10)20-15(21)9-24-17(22)11-5-3-4-6-14(11)23-2/h3-8H,9H2,1-2H3,(H,20,21). The van der Waals surface area contributed by atoms with Gasteiger partial charge in [-0.2, -0.15) is 0 Å². The van der Waals surface area contributed by atoms with E-state index in [4.69, 9.17) is 9.47 Å². The van der Waals surface area contributed by atoms with E-state index in [0.717, 1.165) is 14.5 Å². The lowest BCUT2D eigenvalue weighted by Gasteiger charge is -2.12. The van der Waals surface area contributed by atoms with Gasteiger partial charge in [-0.3, -0.25) is 4.79 Å². The largest absolute Gasteiger partial charge is 0.496 e. The van der Waals surface area contributed by atoms with Crippen LogP contribution in [-0.4, -0.2) is 25.6 Å². The van der Waals surface area contributed by atoms with E-state index >= 15 is 0 Å². The lowest BCUT2D eigenvalue weighted by Crippen LogP contribution is -2.21. The van der Waals surface area contributed by atoms with Crippen LogP contribution in [0.4, 0.5) is 5.69 Å². The smallest absolute Gasteiger partial charge is 0.342 e. The second-order valence-electron chi connectivity index (χ2n) is 4.93. The zero-order valence-electron chi connectivity index (χ0n) is 13.1. The number of benzene rings is 2. The van der Waals surface area contributed by atoms with Gasteiger partial charge in [0, 0.05) is 8.95 Å². The van der Waals surface area contributed by atoms with E-state index in [1.54, 1.807) is 24.3 Å². The van der Waals surface area contributed by atoms with Crippen molar-refractivity contribution >= 4 is 49.4 Å². The van der Waals surface area contributed by atoms with Crippen LogP contribution in [0, 0.1) is 6.92 Å². The van der Waals surface area contributed by atoms with Crippen molar-refractivity contribution < 1.29 is 19.1 Å². The number of hydrogen-bond donors (Lipinski definition) is 1. The van der Waals surface area contributed by atoms with Crippen molar-refractivity contribution in [2.24, 2.45) is 0 Å². The molecule has 126 valence electrons. The number of ether oxygens (including phenoxy) is 2. The summed E-state index contributed by atoms with van der Waals surface area (Å²) in [7, 11) is 1.46. The predicted molar refractivity (Wildman–Crippen MR) is 98.5 cm³/mol. The maximum atomic E-state index is 12.1. The Bertz CT molecular complexity index is 754. The van der Waals surface area contributed by atoms with Gasteiger partial charge >= 0.3 is 5.97 Å². The van der Waals surface area contributed by atoms with Gasteiger partial charge in [0.15, 0.2) is 6.61 Å². The zero-order chi connectivity index (χ0) is 17.7. The molecule has 2 rings (SSSR count). The number of hydrogen-bond acceptors (Lipinski definition) is 4. The summed E-state index contributed by atoms with van der Waals surface area (Å²) in [6, 6.07) is 10.4. The summed E-state index contributed by atoms with van der Waals surface area (Å²) >= 11 is 6.79. The number of para-hydroxylation sites is 1. The Labute approximate surface area is 156 Å². The first-order valence-corrected chi connectivity index (χ1v) is 8.56. The van der Waals surface area contributed by atoms with Crippen LogP contribution in [0.2, 0.25) is 0 Å². The van der Waals surface area contributed by atoms with E-state index in [-0.39, 0.29) is 5.56 Å². The van der Waals surface area contributed by atoms with Crippen LogP contribution in [0.1, 0.15) is 15.9 Å². The van der Waals surface area contributed by atoms with Crippen LogP contribution in [0.15, 0.2) is 45.3 Å². The molecular formula is C17H15Br2NO4. The molecule has 0 radical (unpaired) electrons. The van der Waals surface area contributed by atoms with E-state index in [1.807, 2.05) is 19.1 Å². The summed E-state index contributed by atoms with van der Waals surface area (Å²) in [6.45, 7) is 1.54. The summed E-state index contributed by atoms with van der Waals surface area (Å²) < 4.78 is 11.6. The third-order valence-corrected chi connectivity index (χ3v) is 4.36. The summed E-state index contributed by atoms with van der Waals surface area (Å²) in [5, 5.41) is 2.70. The van der Waals surface area contributed by atoms with Gasteiger partial charge in [0.2, 0.25) is 0 Å². The first-order valence-electron chi connectivity index (χ1n) is 6.98. The highest BCUT2D eigenvalue weighted by Crippen LogP contribution is 2.32. The van der Waals surface area contributed by atoms with Gasteiger partial charge in [-0.1, -0.05) is 12.1 Å². The van der Waals surface area contributed by atoms with Crippen LogP contribution in [0.5, 0.6) is 5.75 Å². The van der Waals surface area contributed by atoms with Crippen molar-refractivity contribution in [1.82, 2.24) is 0 Å². The normalized spacial score (nSPS) is 10.2. The van der Waals surface area contributed by atoms with Gasteiger partial charge in [0.05, 0.1) is 12.8 Å². The quantitative estimate of drug-likeness (QED) is 0.680. The molecule has 1 N–H and O–H groups in total. The van der Waals surface area contributed by atoms with Crippen molar-refractivity contribution in [3.05, 3.63) is 56.5 Å². The maximum absolute atomic E-state index is 12.1. The minimum absolute atomic E-state index is 0.269. The van der Waals surface area contributed by atoms with E-state index < -0.39 is 18.5 Å². The summed E-state index contributed by atoms with van der Waals surface area (Å²) in [5.41, 5.74) is 1.89. The summed E-state index contributed by atoms with van der Waals surface area (Å²) in [6.07, 6.45) is 0. The number of halogens is 2. The van der Waals surface area contributed by atoms with Crippen molar-refractivity contribution in [2.75, 3.05) is 19.0 Å². The maximum Gasteiger partial charge on any atom is 0.342 e. The number of methoxy groups -OCH3 is 1. The van der Waals surface area contributed by atoms with Gasteiger partial charge in [0.1, 0.15) is 11.3 Å². The van der Waals surface area contributed by atoms with Crippen LogP contribution in [0.25, 0.3) is 0 Å². The predicted octanol–water partition coefficient (Wildman–Crippen LogP) is 4.32. The molecule has 0 saturated heterocycles. The molecule has 1 amide bonds. The molecule has 0 heterocycles. The number of nitrogens with one attached hydrogen (secondary N) is 1. The fourth-order valence-corrected chi connectivity index (χ4v) is 3.63. The molecule has 2 aromatic carbocycles. The number of aryl methyl sites for hydroxylation is 1. The first kappa shape index (κ1) is 18.5. The molecule has 2 aromatic rings. The fraction of sp³-hybridized carbons (Fsp3) is 0.176. The number of carbonyl (C=O) groups is 2. The Hall–Kier alpha value is -1.86. The second-order valence-corrected chi connectivity index (χ2v) is 6.64. The van der Waals surface area contributed by atoms with Gasteiger partial charge in [-0.25, -0.2) is 4.79 Å². The molecule has 0 aliphatic carbocycles. The van der Waals surface area contributed by atoms with Crippen molar-refractivity contribution in [1.29, 1.82) is 0 Å². The molecule has 0 aromatic heterocycles.